The maximum atomic E-state index is 10.7. The SMILES string of the molecule is O=C(O)C1CC2(CCCCC2)NN1. The summed E-state index contributed by atoms with van der Waals surface area (Å²) in [6, 6.07) is -0.391. The molecule has 1 saturated heterocycles. The third-order valence-corrected chi connectivity index (χ3v) is 3.22. The monoisotopic (exact) mass is 184 g/mol. The second kappa shape index (κ2) is 3.27. The Labute approximate surface area is 77.7 Å². The Morgan fingerprint density at radius 3 is 2.54 bits per heavy atom. The number of aliphatic carboxylic acids is 1. The lowest BCUT2D eigenvalue weighted by atomic mass is 9.79. The lowest BCUT2D eigenvalue weighted by molar-refractivity contribution is -0.139. The average molecular weight is 184 g/mol. The van der Waals surface area contributed by atoms with Gasteiger partial charge in [0.15, 0.2) is 0 Å². The summed E-state index contributed by atoms with van der Waals surface area (Å²) in [5, 5.41) is 8.82. The smallest absolute Gasteiger partial charge is 0.322 e. The van der Waals surface area contributed by atoms with E-state index in [1.807, 2.05) is 0 Å². The number of carboxylic acids is 1. The van der Waals surface area contributed by atoms with E-state index in [-0.39, 0.29) is 5.54 Å². The summed E-state index contributed by atoms with van der Waals surface area (Å²) < 4.78 is 0. The van der Waals surface area contributed by atoms with Crippen LogP contribution in [0, 0.1) is 0 Å². The fraction of sp³-hybridized carbons (Fsp3) is 0.889. The molecule has 2 rings (SSSR count). The van der Waals surface area contributed by atoms with E-state index in [2.05, 4.69) is 10.9 Å². The molecule has 0 aromatic rings. The molecule has 1 aliphatic carbocycles. The van der Waals surface area contributed by atoms with Gasteiger partial charge in [0.2, 0.25) is 0 Å². The summed E-state index contributed by atoms with van der Waals surface area (Å²) in [5.74, 6) is -0.741. The third-order valence-electron chi connectivity index (χ3n) is 3.22. The van der Waals surface area contributed by atoms with Gasteiger partial charge in [0.05, 0.1) is 0 Å². The van der Waals surface area contributed by atoms with Crippen molar-refractivity contribution in [3.8, 4) is 0 Å². The van der Waals surface area contributed by atoms with Crippen LogP contribution in [-0.4, -0.2) is 22.7 Å². The molecule has 1 unspecified atom stereocenters. The van der Waals surface area contributed by atoms with Crippen LogP contribution in [0.3, 0.4) is 0 Å². The van der Waals surface area contributed by atoms with Gasteiger partial charge in [-0.15, -0.1) is 0 Å². The molecule has 0 aromatic heterocycles. The summed E-state index contributed by atoms with van der Waals surface area (Å²) >= 11 is 0. The zero-order valence-corrected chi connectivity index (χ0v) is 7.68. The van der Waals surface area contributed by atoms with Gasteiger partial charge in [0.1, 0.15) is 6.04 Å². The van der Waals surface area contributed by atoms with Crippen LogP contribution in [0.4, 0.5) is 0 Å². The first kappa shape index (κ1) is 8.97. The highest BCUT2D eigenvalue weighted by Gasteiger charge is 2.41. The van der Waals surface area contributed by atoms with Gasteiger partial charge >= 0.3 is 5.97 Å². The number of hydrogen-bond donors (Lipinski definition) is 3. The van der Waals surface area contributed by atoms with Crippen molar-refractivity contribution < 1.29 is 9.90 Å². The summed E-state index contributed by atoms with van der Waals surface area (Å²) in [7, 11) is 0. The molecule has 0 aromatic carbocycles. The van der Waals surface area contributed by atoms with Crippen molar-refractivity contribution in [1.82, 2.24) is 10.9 Å². The molecule has 1 aliphatic heterocycles. The minimum absolute atomic E-state index is 0.0846. The fourth-order valence-corrected chi connectivity index (χ4v) is 2.44. The number of nitrogens with one attached hydrogen (secondary N) is 2. The minimum Gasteiger partial charge on any atom is -0.480 e. The normalized spacial score (nSPS) is 32.2. The molecule has 13 heavy (non-hydrogen) atoms. The number of carboxylic acid groups (broad SMARTS) is 1. The average Bonchev–Trinajstić information content (AvgIpc) is 2.51. The highest BCUT2D eigenvalue weighted by Crippen LogP contribution is 2.34. The Morgan fingerprint density at radius 2 is 2.00 bits per heavy atom. The van der Waals surface area contributed by atoms with E-state index < -0.39 is 12.0 Å². The van der Waals surface area contributed by atoms with Crippen LogP contribution >= 0.6 is 0 Å². The first-order valence-corrected chi connectivity index (χ1v) is 4.97. The van der Waals surface area contributed by atoms with E-state index >= 15 is 0 Å². The highest BCUT2D eigenvalue weighted by atomic mass is 16.4. The van der Waals surface area contributed by atoms with Crippen molar-refractivity contribution in [3.05, 3.63) is 0 Å². The Morgan fingerprint density at radius 1 is 1.31 bits per heavy atom. The maximum absolute atomic E-state index is 10.7. The van der Waals surface area contributed by atoms with E-state index in [9.17, 15) is 4.79 Å². The van der Waals surface area contributed by atoms with Crippen LogP contribution in [0.25, 0.3) is 0 Å². The van der Waals surface area contributed by atoms with E-state index in [0.29, 0.717) is 0 Å². The van der Waals surface area contributed by atoms with Gasteiger partial charge in [-0.25, -0.2) is 5.43 Å². The van der Waals surface area contributed by atoms with E-state index in [4.69, 9.17) is 5.11 Å². The molecule has 1 heterocycles. The van der Waals surface area contributed by atoms with Crippen LogP contribution < -0.4 is 10.9 Å². The molecular formula is C9H16N2O2. The second-order valence-corrected chi connectivity index (χ2v) is 4.21. The molecule has 1 spiro atoms. The van der Waals surface area contributed by atoms with E-state index in [0.717, 1.165) is 19.3 Å². The van der Waals surface area contributed by atoms with Gasteiger partial charge in [0.25, 0.3) is 0 Å². The topological polar surface area (TPSA) is 61.4 Å². The highest BCUT2D eigenvalue weighted by molar-refractivity contribution is 5.74. The lowest BCUT2D eigenvalue weighted by Gasteiger charge is -2.32. The molecular weight excluding hydrogens is 168 g/mol. The van der Waals surface area contributed by atoms with Gasteiger partial charge in [0, 0.05) is 5.54 Å². The van der Waals surface area contributed by atoms with Crippen LogP contribution in [0.1, 0.15) is 38.5 Å². The number of hydrogen-bond acceptors (Lipinski definition) is 3. The first-order chi connectivity index (χ1) is 6.22. The Kier molecular flexibility index (Phi) is 2.26. The molecule has 0 bridgehead atoms. The number of rotatable bonds is 1. The molecule has 4 nitrogen and oxygen atoms in total. The van der Waals surface area contributed by atoms with Gasteiger partial charge in [-0.2, -0.15) is 0 Å². The van der Waals surface area contributed by atoms with Crippen LogP contribution in [0.5, 0.6) is 0 Å². The lowest BCUT2D eigenvalue weighted by Crippen LogP contribution is -2.45. The standard InChI is InChI=1S/C9H16N2O2/c12-8(13)7-6-9(11-10-7)4-2-1-3-5-9/h7,10-11H,1-6H2,(H,12,13). The van der Waals surface area contributed by atoms with Gasteiger partial charge in [-0.3, -0.25) is 10.2 Å². The van der Waals surface area contributed by atoms with Crippen LogP contribution in [0.15, 0.2) is 0 Å². The molecule has 1 saturated carbocycles. The fourth-order valence-electron chi connectivity index (χ4n) is 2.44. The van der Waals surface area contributed by atoms with Gasteiger partial charge in [-0.1, -0.05) is 19.3 Å². The molecule has 74 valence electrons. The molecule has 2 fully saturated rings. The van der Waals surface area contributed by atoms with E-state index in [1.165, 1.54) is 19.3 Å². The summed E-state index contributed by atoms with van der Waals surface area (Å²) in [4.78, 5) is 10.7. The van der Waals surface area contributed by atoms with Crippen molar-refractivity contribution in [2.24, 2.45) is 0 Å². The Bertz CT molecular complexity index is 212. The van der Waals surface area contributed by atoms with Gasteiger partial charge < -0.3 is 5.11 Å². The summed E-state index contributed by atoms with van der Waals surface area (Å²) in [6.07, 6.45) is 6.71. The zero-order valence-electron chi connectivity index (χ0n) is 7.68. The quantitative estimate of drug-likeness (QED) is 0.559. The Balaban J connectivity index is 1.98. The van der Waals surface area contributed by atoms with Crippen molar-refractivity contribution in [2.45, 2.75) is 50.1 Å². The third kappa shape index (κ3) is 1.69. The predicted molar refractivity (Wildman–Crippen MR) is 48.1 cm³/mol. The van der Waals surface area contributed by atoms with Crippen molar-refractivity contribution in [1.29, 1.82) is 0 Å². The molecule has 2 aliphatic rings. The second-order valence-electron chi connectivity index (χ2n) is 4.21. The van der Waals surface area contributed by atoms with E-state index in [1.54, 1.807) is 0 Å². The summed E-state index contributed by atoms with van der Waals surface area (Å²) in [6.45, 7) is 0. The van der Waals surface area contributed by atoms with Crippen LogP contribution in [0.2, 0.25) is 0 Å². The minimum atomic E-state index is -0.741. The summed E-state index contributed by atoms with van der Waals surface area (Å²) in [5.41, 5.74) is 6.12. The molecule has 4 heteroatoms. The van der Waals surface area contributed by atoms with Crippen LogP contribution in [-0.2, 0) is 4.79 Å². The molecule has 0 radical (unpaired) electrons. The zero-order chi connectivity index (χ0) is 9.31. The molecule has 0 amide bonds. The van der Waals surface area contributed by atoms with Gasteiger partial charge in [-0.05, 0) is 19.3 Å². The van der Waals surface area contributed by atoms with Crippen molar-refractivity contribution in [3.63, 3.8) is 0 Å². The van der Waals surface area contributed by atoms with Crippen molar-refractivity contribution >= 4 is 5.97 Å². The number of carbonyl (C=O) groups is 1. The van der Waals surface area contributed by atoms with Crippen molar-refractivity contribution in [2.75, 3.05) is 0 Å². The first-order valence-electron chi connectivity index (χ1n) is 4.97. The molecule has 3 N–H and O–H groups in total. The maximum Gasteiger partial charge on any atom is 0.322 e. The number of hydrazine groups is 1. The predicted octanol–water partition coefficient (Wildman–Crippen LogP) is 0.640. The molecule has 1 atom stereocenters. The largest absolute Gasteiger partial charge is 0.480 e. The Hall–Kier alpha value is -0.610.